The molecule has 0 atom stereocenters. The van der Waals surface area contributed by atoms with Crippen LogP contribution in [0.25, 0.3) is 0 Å². The molecule has 0 amide bonds. The molecule has 0 saturated carbocycles. The predicted molar refractivity (Wildman–Crippen MR) is 81.7 cm³/mol. The Kier molecular flexibility index (Phi) is 5.15. The van der Waals surface area contributed by atoms with E-state index in [0.29, 0.717) is 18.1 Å². The van der Waals surface area contributed by atoms with Crippen molar-refractivity contribution in [1.82, 2.24) is 15.0 Å². The maximum Gasteiger partial charge on any atom is 0.244 e. The third kappa shape index (κ3) is 4.13. The number of hydrogen-bond acceptors (Lipinski definition) is 6. The summed E-state index contributed by atoms with van der Waals surface area (Å²) in [4.78, 5) is 4.42. The van der Waals surface area contributed by atoms with Gasteiger partial charge in [-0.1, -0.05) is 6.92 Å². The zero-order valence-electron chi connectivity index (χ0n) is 12.3. The van der Waals surface area contributed by atoms with Crippen LogP contribution in [0.15, 0.2) is 20.8 Å². The zero-order chi connectivity index (χ0) is 15.5. The molecule has 2 heterocycles. The van der Waals surface area contributed by atoms with Crippen molar-refractivity contribution in [3.63, 3.8) is 0 Å². The number of aryl methyl sites for hydroxylation is 2. The smallest absolute Gasteiger partial charge is 0.244 e. The first kappa shape index (κ1) is 16.2. The van der Waals surface area contributed by atoms with E-state index in [-0.39, 0.29) is 11.4 Å². The van der Waals surface area contributed by atoms with Gasteiger partial charge in [-0.15, -0.1) is 11.3 Å². The van der Waals surface area contributed by atoms with Crippen molar-refractivity contribution in [2.45, 2.75) is 38.8 Å². The summed E-state index contributed by atoms with van der Waals surface area (Å²) in [5.41, 5.74) is 0.890. The molecule has 0 bridgehead atoms. The van der Waals surface area contributed by atoms with E-state index >= 15 is 0 Å². The number of nitrogens with zero attached hydrogens (tertiary/aromatic N) is 1. The van der Waals surface area contributed by atoms with Crippen LogP contribution >= 0.6 is 11.3 Å². The lowest BCUT2D eigenvalue weighted by molar-refractivity contribution is 0.460. The lowest BCUT2D eigenvalue weighted by Crippen LogP contribution is -2.23. The summed E-state index contributed by atoms with van der Waals surface area (Å²) < 4.78 is 32.6. The molecule has 0 saturated heterocycles. The molecule has 2 rings (SSSR count). The minimum atomic E-state index is -3.59. The van der Waals surface area contributed by atoms with Crippen LogP contribution in [0.4, 0.5) is 0 Å². The standard InChI is InChI=1S/C13H19N3O3S2/c1-4-14-6-11-5-12(10(3)19-11)21(17,18)15-7-13-16-9(2)8-20-13/h5,8,14-15H,4,6-7H2,1-3H3. The first-order valence-corrected chi connectivity index (χ1v) is 8.99. The minimum Gasteiger partial charge on any atom is -0.464 e. The number of sulfonamides is 1. The summed E-state index contributed by atoms with van der Waals surface area (Å²) in [5.74, 6) is 1.01. The molecule has 0 aromatic carbocycles. The van der Waals surface area contributed by atoms with Gasteiger partial charge in [0.1, 0.15) is 21.4 Å². The van der Waals surface area contributed by atoms with Crippen molar-refractivity contribution < 1.29 is 12.8 Å². The molecule has 21 heavy (non-hydrogen) atoms. The van der Waals surface area contributed by atoms with Crippen LogP contribution in [0.1, 0.15) is 29.1 Å². The van der Waals surface area contributed by atoms with E-state index in [1.807, 2.05) is 19.2 Å². The van der Waals surface area contributed by atoms with Gasteiger partial charge in [-0.25, -0.2) is 18.1 Å². The van der Waals surface area contributed by atoms with E-state index < -0.39 is 10.0 Å². The van der Waals surface area contributed by atoms with Gasteiger partial charge in [0, 0.05) is 17.1 Å². The van der Waals surface area contributed by atoms with Gasteiger partial charge < -0.3 is 9.73 Å². The van der Waals surface area contributed by atoms with Crippen molar-refractivity contribution in [1.29, 1.82) is 0 Å². The normalized spacial score (nSPS) is 12.0. The molecule has 0 fully saturated rings. The van der Waals surface area contributed by atoms with Gasteiger partial charge >= 0.3 is 0 Å². The van der Waals surface area contributed by atoms with Gasteiger partial charge in [-0.05, 0) is 20.4 Å². The monoisotopic (exact) mass is 329 g/mol. The number of rotatable bonds is 7. The molecule has 0 aliphatic heterocycles. The Morgan fingerprint density at radius 3 is 2.71 bits per heavy atom. The lowest BCUT2D eigenvalue weighted by atomic mass is 10.4. The summed E-state index contributed by atoms with van der Waals surface area (Å²) in [6.07, 6.45) is 0. The summed E-state index contributed by atoms with van der Waals surface area (Å²) in [5, 5.41) is 5.73. The highest BCUT2D eigenvalue weighted by Crippen LogP contribution is 2.20. The molecule has 6 nitrogen and oxygen atoms in total. The van der Waals surface area contributed by atoms with Crippen LogP contribution in [0.2, 0.25) is 0 Å². The predicted octanol–water partition coefficient (Wildman–Crippen LogP) is 1.94. The molecule has 0 radical (unpaired) electrons. The van der Waals surface area contributed by atoms with Crippen molar-refractivity contribution in [3.8, 4) is 0 Å². The minimum absolute atomic E-state index is 0.184. The quantitative estimate of drug-likeness (QED) is 0.811. The molecule has 0 aliphatic carbocycles. The largest absolute Gasteiger partial charge is 0.464 e. The maximum atomic E-state index is 12.3. The van der Waals surface area contributed by atoms with Gasteiger partial charge in [0.15, 0.2) is 0 Å². The second-order valence-corrected chi connectivity index (χ2v) is 7.30. The molecule has 2 aromatic rings. The van der Waals surface area contributed by atoms with Crippen molar-refractivity contribution in [2.24, 2.45) is 0 Å². The van der Waals surface area contributed by atoms with Crippen LogP contribution in [-0.2, 0) is 23.1 Å². The lowest BCUT2D eigenvalue weighted by Gasteiger charge is -2.03. The molecule has 8 heteroatoms. The number of hydrogen-bond donors (Lipinski definition) is 2. The Morgan fingerprint density at radius 2 is 2.10 bits per heavy atom. The number of furan rings is 1. The van der Waals surface area contributed by atoms with Gasteiger partial charge in [-0.3, -0.25) is 0 Å². The fraction of sp³-hybridized carbons (Fsp3) is 0.462. The second-order valence-electron chi connectivity index (χ2n) is 4.62. The van der Waals surface area contributed by atoms with Crippen LogP contribution in [0.5, 0.6) is 0 Å². The first-order valence-electron chi connectivity index (χ1n) is 6.63. The molecule has 0 aliphatic rings. The molecule has 116 valence electrons. The van der Waals surface area contributed by atoms with Gasteiger partial charge in [0.05, 0.1) is 13.1 Å². The molecule has 0 unspecified atom stereocenters. The fourth-order valence-electron chi connectivity index (χ4n) is 1.84. The third-order valence-corrected chi connectivity index (χ3v) is 5.32. The summed E-state index contributed by atoms with van der Waals surface area (Å²) in [6, 6.07) is 1.56. The van der Waals surface area contributed by atoms with E-state index in [4.69, 9.17) is 4.42 Å². The Balaban J connectivity index is 2.09. The van der Waals surface area contributed by atoms with Gasteiger partial charge in [-0.2, -0.15) is 0 Å². The Labute approximate surface area is 128 Å². The fourth-order valence-corrected chi connectivity index (χ4v) is 3.84. The van der Waals surface area contributed by atoms with Crippen LogP contribution in [-0.4, -0.2) is 19.9 Å². The summed E-state index contributed by atoms with van der Waals surface area (Å²) in [7, 11) is -3.59. The van der Waals surface area contributed by atoms with E-state index in [2.05, 4.69) is 15.0 Å². The van der Waals surface area contributed by atoms with E-state index in [1.54, 1.807) is 13.0 Å². The van der Waals surface area contributed by atoms with E-state index in [9.17, 15) is 8.42 Å². The van der Waals surface area contributed by atoms with Crippen LogP contribution < -0.4 is 10.0 Å². The van der Waals surface area contributed by atoms with Gasteiger partial charge in [0.25, 0.3) is 0 Å². The highest BCUT2D eigenvalue weighted by molar-refractivity contribution is 7.89. The molecular formula is C13H19N3O3S2. The Morgan fingerprint density at radius 1 is 1.33 bits per heavy atom. The Bertz CT molecular complexity index is 704. The summed E-state index contributed by atoms with van der Waals surface area (Å²) in [6.45, 7) is 7.00. The molecule has 0 spiro atoms. The second kappa shape index (κ2) is 6.69. The van der Waals surface area contributed by atoms with Crippen molar-refractivity contribution in [3.05, 3.63) is 33.7 Å². The highest BCUT2D eigenvalue weighted by atomic mass is 32.2. The highest BCUT2D eigenvalue weighted by Gasteiger charge is 2.21. The average Bonchev–Trinajstić information content (AvgIpc) is 3.00. The number of aromatic nitrogens is 1. The van der Waals surface area contributed by atoms with Crippen molar-refractivity contribution >= 4 is 21.4 Å². The maximum absolute atomic E-state index is 12.3. The Hall–Kier alpha value is -1.22. The first-order chi connectivity index (χ1) is 9.92. The number of nitrogens with one attached hydrogen (secondary N) is 2. The molecule has 2 N–H and O–H groups in total. The summed E-state index contributed by atoms with van der Waals surface area (Å²) >= 11 is 1.43. The van der Waals surface area contributed by atoms with Crippen LogP contribution in [0.3, 0.4) is 0 Å². The third-order valence-electron chi connectivity index (χ3n) is 2.84. The van der Waals surface area contributed by atoms with Crippen molar-refractivity contribution in [2.75, 3.05) is 6.54 Å². The number of thiazole rings is 1. The SMILES string of the molecule is CCNCc1cc(S(=O)(=O)NCc2nc(C)cs2)c(C)o1. The topological polar surface area (TPSA) is 84.2 Å². The van der Waals surface area contributed by atoms with Gasteiger partial charge in [0.2, 0.25) is 10.0 Å². The van der Waals surface area contributed by atoms with Crippen LogP contribution in [0, 0.1) is 13.8 Å². The molecular weight excluding hydrogens is 310 g/mol. The average molecular weight is 329 g/mol. The van der Waals surface area contributed by atoms with E-state index in [1.165, 1.54) is 11.3 Å². The molecule has 2 aromatic heterocycles. The van der Waals surface area contributed by atoms with E-state index in [0.717, 1.165) is 17.2 Å². The zero-order valence-corrected chi connectivity index (χ0v) is 13.9.